The van der Waals surface area contributed by atoms with Gasteiger partial charge in [-0.15, -0.1) is 5.92 Å². The van der Waals surface area contributed by atoms with E-state index in [1.165, 1.54) is 4.31 Å². The smallest absolute Gasteiger partial charge is 0.207 e. The third-order valence-electron chi connectivity index (χ3n) is 3.72. The molecule has 0 spiro atoms. The molecule has 0 radical (unpaired) electrons. The molecule has 1 aliphatic rings. The lowest BCUT2D eigenvalue weighted by atomic mass is 10.1. The van der Waals surface area contributed by atoms with Gasteiger partial charge in [0.2, 0.25) is 10.0 Å². The summed E-state index contributed by atoms with van der Waals surface area (Å²) in [5.74, 6) is 5.64. The molecule has 0 heterocycles. The predicted molar refractivity (Wildman–Crippen MR) is 85.3 cm³/mol. The maximum atomic E-state index is 12.8. The minimum absolute atomic E-state index is 0.0424. The Kier molecular flexibility index (Phi) is 4.27. The standard InChI is InChI=1S/C17H21NO2S/c1-5-6-11-18(13-15-12-17(15,3)4)21(19,20)16-9-7-14(2)8-10-16/h7-10,12H,11,13H2,1-4H3. The highest BCUT2D eigenvalue weighted by molar-refractivity contribution is 7.89. The van der Waals surface area contributed by atoms with Crippen molar-refractivity contribution in [1.82, 2.24) is 4.31 Å². The molecule has 0 N–H and O–H groups in total. The van der Waals surface area contributed by atoms with Gasteiger partial charge in [-0.3, -0.25) is 0 Å². The van der Waals surface area contributed by atoms with Gasteiger partial charge in [0.25, 0.3) is 0 Å². The molecule has 0 atom stereocenters. The highest BCUT2D eigenvalue weighted by atomic mass is 32.2. The molecule has 0 fully saturated rings. The number of benzene rings is 1. The van der Waals surface area contributed by atoms with E-state index in [1.54, 1.807) is 19.1 Å². The van der Waals surface area contributed by atoms with Gasteiger partial charge >= 0.3 is 0 Å². The van der Waals surface area contributed by atoms with Crippen molar-refractivity contribution in [3.05, 3.63) is 41.5 Å². The van der Waals surface area contributed by atoms with Crippen LogP contribution in [0.25, 0.3) is 0 Å². The van der Waals surface area contributed by atoms with Crippen LogP contribution < -0.4 is 0 Å². The molecule has 21 heavy (non-hydrogen) atoms. The van der Waals surface area contributed by atoms with E-state index in [1.807, 2.05) is 19.1 Å². The Labute approximate surface area is 127 Å². The molecule has 0 amide bonds. The van der Waals surface area contributed by atoms with Gasteiger partial charge in [-0.1, -0.05) is 43.5 Å². The zero-order valence-electron chi connectivity index (χ0n) is 13.0. The molecule has 0 saturated heterocycles. The number of aryl methyl sites for hydroxylation is 1. The lowest BCUT2D eigenvalue weighted by molar-refractivity contribution is 0.463. The third-order valence-corrected chi connectivity index (χ3v) is 5.52. The van der Waals surface area contributed by atoms with Crippen LogP contribution in [0.1, 0.15) is 26.3 Å². The molecule has 1 aromatic rings. The SMILES string of the molecule is CC#CCN(CC1=CC1(C)C)S(=O)(=O)c1ccc(C)cc1. The van der Waals surface area contributed by atoms with Crippen molar-refractivity contribution in [2.45, 2.75) is 32.6 Å². The average molecular weight is 303 g/mol. The molecule has 0 aromatic heterocycles. The van der Waals surface area contributed by atoms with Gasteiger partial charge in [0.15, 0.2) is 0 Å². The van der Waals surface area contributed by atoms with Crippen LogP contribution >= 0.6 is 0 Å². The van der Waals surface area contributed by atoms with Gasteiger partial charge in [0.1, 0.15) is 0 Å². The first-order chi connectivity index (χ1) is 9.77. The fourth-order valence-corrected chi connectivity index (χ4v) is 3.41. The summed E-state index contributed by atoms with van der Waals surface area (Å²) in [7, 11) is -3.51. The first-order valence-corrected chi connectivity index (χ1v) is 8.40. The summed E-state index contributed by atoms with van der Waals surface area (Å²) in [6.07, 6.45) is 2.10. The fourth-order valence-electron chi connectivity index (χ4n) is 2.09. The Balaban J connectivity index is 2.27. The zero-order valence-corrected chi connectivity index (χ0v) is 13.8. The second kappa shape index (κ2) is 5.67. The summed E-state index contributed by atoms with van der Waals surface area (Å²) in [6.45, 7) is 8.47. The number of hydrogen-bond acceptors (Lipinski definition) is 2. The summed E-state index contributed by atoms with van der Waals surface area (Å²) in [5, 5.41) is 0. The number of allylic oxidation sites excluding steroid dienone is 1. The summed E-state index contributed by atoms with van der Waals surface area (Å²) in [5.41, 5.74) is 2.23. The molecule has 0 unspecified atom stereocenters. The van der Waals surface area contributed by atoms with E-state index in [-0.39, 0.29) is 12.0 Å². The molecule has 0 bridgehead atoms. The van der Waals surface area contributed by atoms with Crippen LogP contribution in [-0.2, 0) is 10.0 Å². The molecule has 112 valence electrons. The molecule has 1 aliphatic carbocycles. The topological polar surface area (TPSA) is 37.4 Å². The van der Waals surface area contributed by atoms with Crippen LogP contribution in [-0.4, -0.2) is 25.8 Å². The third kappa shape index (κ3) is 3.55. The lowest BCUT2D eigenvalue weighted by Crippen LogP contribution is -2.33. The van der Waals surface area contributed by atoms with Crippen LogP contribution in [0.2, 0.25) is 0 Å². The van der Waals surface area contributed by atoms with Crippen LogP contribution in [0.4, 0.5) is 0 Å². The quantitative estimate of drug-likeness (QED) is 0.619. The average Bonchev–Trinajstić information content (AvgIpc) is 3.02. The predicted octanol–water partition coefficient (Wildman–Crippen LogP) is 2.98. The molecule has 2 rings (SSSR count). The monoisotopic (exact) mass is 303 g/mol. The highest BCUT2D eigenvalue weighted by Gasteiger charge is 2.37. The first kappa shape index (κ1) is 15.8. The Hall–Kier alpha value is -1.57. The van der Waals surface area contributed by atoms with Crippen LogP contribution in [0.3, 0.4) is 0 Å². The lowest BCUT2D eigenvalue weighted by Gasteiger charge is -2.20. The summed E-state index contributed by atoms with van der Waals surface area (Å²) in [4.78, 5) is 0.324. The molecule has 4 heteroatoms. The number of sulfonamides is 1. The first-order valence-electron chi connectivity index (χ1n) is 6.96. The van der Waals surface area contributed by atoms with E-state index in [9.17, 15) is 8.42 Å². The van der Waals surface area contributed by atoms with Crippen molar-refractivity contribution in [3.63, 3.8) is 0 Å². The van der Waals surface area contributed by atoms with E-state index in [2.05, 4.69) is 31.8 Å². The maximum absolute atomic E-state index is 12.8. The van der Waals surface area contributed by atoms with Gasteiger partial charge in [-0.05, 0) is 31.6 Å². The van der Waals surface area contributed by atoms with Crippen LogP contribution in [0.5, 0.6) is 0 Å². The molecule has 1 aromatic carbocycles. The van der Waals surface area contributed by atoms with Crippen molar-refractivity contribution in [3.8, 4) is 11.8 Å². The van der Waals surface area contributed by atoms with Gasteiger partial charge in [0, 0.05) is 12.0 Å². The zero-order chi connectivity index (χ0) is 15.7. The number of nitrogens with zero attached hydrogens (tertiary/aromatic N) is 1. The van der Waals surface area contributed by atoms with E-state index in [0.29, 0.717) is 11.4 Å². The molecule has 0 saturated carbocycles. The summed E-state index contributed by atoms with van der Waals surface area (Å²) < 4.78 is 27.0. The largest absolute Gasteiger partial charge is 0.244 e. The molecular weight excluding hydrogens is 282 g/mol. The van der Waals surface area contributed by atoms with Crippen molar-refractivity contribution in [2.24, 2.45) is 5.41 Å². The van der Waals surface area contributed by atoms with E-state index < -0.39 is 10.0 Å². The van der Waals surface area contributed by atoms with Crippen molar-refractivity contribution in [2.75, 3.05) is 13.1 Å². The minimum atomic E-state index is -3.51. The van der Waals surface area contributed by atoms with Gasteiger partial charge < -0.3 is 0 Å². The second-order valence-electron chi connectivity index (χ2n) is 5.90. The molecule has 3 nitrogen and oxygen atoms in total. The van der Waals surface area contributed by atoms with Crippen molar-refractivity contribution in [1.29, 1.82) is 0 Å². The Morgan fingerprint density at radius 1 is 1.19 bits per heavy atom. The molecule has 0 aliphatic heterocycles. The summed E-state index contributed by atoms with van der Waals surface area (Å²) in [6, 6.07) is 6.95. The van der Waals surface area contributed by atoms with E-state index in [0.717, 1.165) is 11.1 Å². The van der Waals surface area contributed by atoms with Gasteiger partial charge in [-0.25, -0.2) is 8.42 Å². The van der Waals surface area contributed by atoms with Gasteiger partial charge in [0.05, 0.1) is 11.4 Å². The molecular formula is C17H21NO2S. The Bertz CT molecular complexity index is 716. The Morgan fingerprint density at radius 2 is 1.76 bits per heavy atom. The normalized spacial score (nSPS) is 16.1. The second-order valence-corrected chi connectivity index (χ2v) is 7.84. The van der Waals surface area contributed by atoms with Crippen LogP contribution in [0, 0.1) is 24.2 Å². The maximum Gasteiger partial charge on any atom is 0.244 e. The number of rotatable bonds is 5. The van der Waals surface area contributed by atoms with Crippen molar-refractivity contribution < 1.29 is 8.42 Å². The number of hydrogen-bond donors (Lipinski definition) is 0. The van der Waals surface area contributed by atoms with Crippen LogP contribution in [0.15, 0.2) is 40.8 Å². The Morgan fingerprint density at radius 3 is 2.24 bits per heavy atom. The van der Waals surface area contributed by atoms with Crippen molar-refractivity contribution >= 4 is 10.0 Å². The van der Waals surface area contributed by atoms with E-state index >= 15 is 0 Å². The van der Waals surface area contributed by atoms with E-state index in [4.69, 9.17) is 0 Å². The fraction of sp³-hybridized carbons (Fsp3) is 0.412. The van der Waals surface area contributed by atoms with Gasteiger partial charge in [-0.2, -0.15) is 4.31 Å². The minimum Gasteiger partial charge on any atom is -0.207 e. The summed E-state index contributed by atoms with van der Waals surface area (Å²) >= 11 is 0. The highest BCUT2D eigenvalue weighted by Crippen LogP contribution is 2.43.